The van der Waals surface area contributed by atoms with Gasteiger partial charge >= 0.3 is 29.6 Å². The number of nitrogen functional groups attached to an aromatic ring is 1. The summed E-state index contributed by atoms with van der Waals surface area (Å²) < 4.78 is 14.2. The van der Waals surface area contributed by atoms with Crippen molar-refractivity contribution in [3.63, 3.8) is 0 Å². The number of aromatic nitrogens is 1. The quantitative estimate of drug-likeness (QED) is 0.0353. The number of phenols is 2. The number of rotatable bonds is 11. The van der Waals surface area contributed by atoms with Crippen molar-refractivity contribution >= 4 is 63.5 Å². The Balaban J connectivity index is 0.00000580. The number of oxime groups is 1. The molecule has 0 spiro atoms. The Morgan fingerprint density at radius 2 is 1.78 bits per heavy atom. The number of carbonyl (C=O) groups is 5. The summed E-state index contributed by atoms with van der Waals surface area (Å²) in [6, 6.07) is 1.75. The number of phenolic OH excluding ortho intramolecular Hbond substituents is 2. The fourth-order valence-corrected chi connectivity index (χ4v) is 9.80. The molecule has 8 N–H and O–H groups in total. The average molecular weight is 813 g/mol. The van der Waals surface area contributed by atoms with Crippen LogP contribution in [0.15, 0.2) is 33.9 Å². The van der Waals surface area contributed by atoms with E-state index in [4.69, 9.17) is 22.0 Å². The number of nitrogens with two attached hydrogens (primary N) is 3. The van der Waals surface area contributed by atoms with E-state index in [1.54, 1.807) is 6.92 Å². The number of carbonyl (C=O) groups excluding carboxylic acids is 5. The number of quaternary nitrogens is 1. The number of thioether (sulfide) groups is 1. The number of amides is 2. The molecule has 5 heterocycles. The standard InChI is InChI=1S/C33H39FN8O10S2.Na/c1-14-17(8-42(4)12-32(36)10-40(11-33(32,37)13-42)25(46)15-5-18(34)24(45)21(44)6-15)23(28(48)49)41-26(47)16(27(41)54-14)7-20(43)22(19-9-53-30(35)38-19)39-52-31(2,3)29(50)51;/h5-6,9,14,16,27H,7-8,10-13,36-37H2,1-4H3,(H5-,35,38,39,43,44,45,46,48,49,50,51);/q;+1/p-1/t14-,16+,27+,32-,33+,42?;/m0./s1. The van der Waals surface area contributed by atoms with Crippen molar-refractivity contribution in [2.45, 2.75) is 54.5 Å². The number of aliphatic carboxylic acids is 2. The minimum atomic E-state index is -1.91. The maximum atomic E-state index is 14.1. The largest absolute Gasteiger partial charge is 1.00 e. The van der Waals surface area contributed by atoms with Gasteiger partial charge in [0, 0.05) is 41.3 Å². The maximum absolute atomic E-state index is 14.1. The number of carboxylic acids is 2. The Morgan fingerprint density at radius 1 is 1.16 bits per heavy atom. The number of nitrogens with zero attached hydrogens (tertiary/aromatic N) is 5. The normalized spacial score (nSPS) is 29.0. The first kappa shape index (κ1) is 42.3. The van der Waals surface area contributed by atoms with Crippen LogP contribution in [0.5, 0.6) is 11.5 Å². The van der Waals surface area contributed by atoms with E-state index in [2.05, 4.69) is 10.1 Å². The molecule has 18 nitrogen and oxygen atoms in total. The van der Waals surface area contributed by atoms with Crippen LogP contribution >= 0.6 is 23.1 Å². The second kappa shape index (κ2) is 14.6. The van der Waals surface area contributed by atoms with Gasteiger partial charge in [0.05, 0.1) is 36.0 Å². The monoisotopic (exact) mass is 812 g/mol. The van der Waals surface area contributed by atoms with Crippen LogP contribution in [0.2, 0.25) is 0 Å². The molecule has 22 heteroatoms. The number of aromatic hydroxyl groups is 2. The number of thiazole rings is 1. The fourth-order valence-electron chi connectivity index (χ4n) is 7.75. The molecule has 0 aliphatic carbocycles. The van der Waals surface area contributed by atoms with Crippen LogP contribution in [0, 0.1) is 11.7 Å². The third-order valence-corrected chi connectivity index (χ3v) is 12.6. The Bertz CT molecular complexity index is 2020. The minimum Gasteiger partial charge on any atom is -0.546 e. The molecule has 6 rings (SSSR count). The number of Topliss-reactive ketones (excluding diaryl/α,β-unsaturated/α-hetero) is 1. The van der Waals surface area contributed by atoms with Gasteiger partial charge in [0.1, 0.15) is 36.4 Å². The summed E-state index contributed by atoms with van der Waals surface area (Å²) in [4.78, 5) is 76.3. The summed E-state index contributed by atoms with van der Waals surface area (Å²) in [6.07, 6.45) is -0.425. The van der Waals surface area contributed by atoms with Crippen LogP contribution in [0.4, 0.5) is 9.52 Å². The molecule has 3 saturated heterocycles. The summed E-state index contributed by atoms with van der Waals surface area (Å²) in [5.41, 5.74) is 14.7. The molecule has 4 aliphatic rings. The molecular weight excluding hydrogens is 775 g/mol. The molecule has 55 heavy (non-hydrogen) atoms. The van der Waals surface area contributed by atoms with E-state index in [1.807, 2.05) is 7.05 Å². The number of hydrogen-bond acceptors (Lipinski definition) is 17. The summed E-state index contributed by atoms with van der Waals surface area (Å²) >= 11 is 2.28. The second-order valence-corrected chi connectivity index (χ2v) is 17.4. The van der Waals surface area contributed by atoms with Crippen molar-refractivity contribution in [3.8, 4) is 11.5 Å². The van der Waals surface area contributed by atoms with Crippen LogP contribution in [0.3, 0.4) is 0 Å². The van der Waals surface area contributed by atoms with Crippen LogP contribution in [0.25, 0.3) is 0 Å². The fraction of sp³-hybridized carbons (Fsp3) is 0.485. The number of likely N-dealkylation sites (tertiary alicyclic amines) is 2. The van der Waals surface area contributed by atoms with Gasteiger partial charge in [0.25, 0.3) is 5.91 Å². The number of carboxylic acid groups (broad SMARTS) is 2. The zero-order chi connectivity index (χ0) is 39.9. The van der Waals surface area contributed by atoms with Crippen molar-refractivity contribution < 1.29 is 87.7 Å². The van der Waals surface area contributed by atoms with Crippen molar-refractivity contribution in [1.29, 1.82) is 0 Å². The number of halogens is 1. The van der Waals surface area contributed by atoms with Gasteiger partial charge in [-0.3, -0.25) is 19.3 Å². The molecule has 1 unspecified atom stereocenters. The van der Waals surface area contributed by atoms with Crippen LogP contribution in [0.1, 0.15) is 43.2 Å². The van der Waals surface area contributed by atoms with Crippen molar-refractivity contribution in [3.05, 3.63) is 45.9 Å². The van der Waals surface area contributed by atoms with E-state index in [0.717, 1.165) is 28.4 Å². The van der Waals surface area contributed by atoms with Gasteiger partial charge in [-0.2, -0.15) is 0 Å². The summed E-state index contributed by atoms with van der Waals surface area (Å²) in [5, 5.41) is 47.6. The molecular formula is C33H38FN8NaO10S2. The van der Waals surface area contributed by atoms with E-state index in [1.165, 1.54) is 35.9 Å². The second-order valence-electron chi connectivity index (χ2n) is 15.1. The molecule has 4 aliphatic heterocycles. The number of fused-ring (bicyclic) bond motifs is 2. The predicted molar refractivity (Wildman–Crippen MR) is 186 cm³/mol. The summed E-state index contributed by atoms with van der Waals surface area (Å²) in [5.74, 6) is -9.12. The number of benzene rings is 1. The number of anilines is 1. The Labute approximate surface area is 344 Å². The smallest absolute Gasteiger partial charge is 0.546 e. The first-order valence-corrected chi connectivity index (χ1v) is 18.4. The SMILES string of the molecule is C[C@@H]1S[C@@H]2[C@H](CC(=O)/C(=N\OC(C)(C)C(=O)[O-])c3csc(N)n3)C(=O)N2C(C(=O)[O-])=C1C[N+]1(C)C[C@]2(N)CN(C(=O)c3cc(O)c(O)c(F)c3)C[C@]2(N)C1.[Na+]. The van der Waals surface area contributed by atoms with E-state index >= 15 is 0 Å². The van der Waals surface area contributed by atoms with E-state index in [-0.39, 0.29) is 94.6 Å². The molecule has 6 atom stereocenters. The van der Waals surface area contributed by atoms with E-state index in [0.29, 0.717) is 5.57 Å². The third-order valence-electron chi connectivity index (χ3n) is 10.4. The molecule has 3 fully saturated rings. The minimum absolute atomic E-state index is 0. The first-order valence-electron chi connectivity index (χ1n) is 16.6. The number of hydrogen-bond donors (Lipinski definition) is 5. The van der Waals surface area contributed by atoms with Gasteiger partial charge in [0.15, 0.2) is 39.5 Å². The molecule has 0 radical (unpaired) electrons. The predicted octanol–water partition coefficient (Wildman–Crippen LogP) is -5.58. The Kier molecular flexibility index (Phi) is 11.2. The first-order chi connectivity index (χ1) is 25.0. The molecule has 2 amide bonds. The average Bonchev–Trinajstić information content (AvgIpc) is 3.66. The molecule has 0 saturated carbocycles. The summed E-state index contributed by atoms with van der Waals surface area (Å²) in [6.45, 7) is 4.54. The number of likely N-dealkylation sites (N-methyl/N-ethyl adjacent to an activating group) is 1. The third kappa shape index (κ3) is 7.43. The van der Waals surface area contributed by atoms with Gasteiger partial charge in [-0.25, -0.2) is 9.37 Å². The van der Waals surface area contributed by atoms with Gasteiger partial charge < -0.3 is 61.4 Å². The molecule has 1 aromatic heterocycles. The van der Waals surface area contributed by atoms with Crippen molar-refractivity contribution in [1.82, 2.24) is 14.8 Å². The maximum Gasteiger partial charge on any atom is 1.00 e. The zero-order valence-corrected chi connectivity index (χ0v) is 34.2. The van der Waals surface area contributed by atoms with E-state index < -0.39 is 86.5 Å². The summed E-state index contributed by atoms with van der Waals surface area (Å²) in [7, 11) is 1.83. The molecule has 2 aromatic rings. The van der Waals surface area contributed by atoms with Crippen LogP contribution < -0.4 is 57.0 Å². The molecule has 1 aromatic carbocycles. The van der Waals surface area contributed by atoms with Gasteiger partial charge in [-0.15, -0.1) is 23.1 Å². The molecule has 290 valence electrons. The van der Waals surface area contributed by atoms with Crippen LogP contribution in [-0.4, -0.2) is 132 Å². The van der Waals surface area contributed by atoms with Gasteiger partial charge in [0.2, 0.25) is 5.91 Å². The Morgan fingerprint density at radius 3 is 2.31 bits per heavy atom. The van der Waals surface area contributed by atoms with Gasteiger partial charge in [-0.1, -0.05) is 5.16 Å². The number of β-lactam (4-membered cyclic amide) rings is 1. The van der Waals surface area contributed by atoms with Gasteiger partial charge in [-0.05, 0) is 32.9 Å². The topological polar surface area (TPSA) is 291 Å². The zero-order valence-electron chi connectivity index (χ0n) is 30.5. The van der Waals surface area contributed by atoms with Crippen LogP contribution in [-0.2, 0) is 24.0 Å². The Hall–Kier alpha value is -3.83. The van der Waals surface area contributed by atoms with Crippen molar-refractivity contribution in [2.75, 3.05) is 45.5 Å². The number of ketones is 1. The van der Waals surface area contributed by atoms with Crippen molar-refractivity contribution in [2.24, 2.45) is 22.5 Å². The molecule has 0 bridgehead atoms. The van der Waals surface area contributed by atoms with E-state index in [9.17, 15) is 48.8 Å².